The highest BCUT2D eigenvalue weighted by molar-refractivity contribution is 7.17. The van der Waals surface area contributed by atoms with Gasteiger partial charge in [0, 0.05) is 25.7 Å². The number of likely N-dealkylation sites (tertiary alicyclic amines) is 1. The van der Waals surface area contributed by atoms with Gasteiger partial charge in [-0.2, -0.15) is 0 Å². The van der Waals surface area contributed by atoms with Crippen LogP contribution in [0.2, 0.25) is 0 Å². The van der Waals surface area contributed by atoms with Gasteiger partial charge in [-0.05, 0) is 38.7 Å². The van der Waals surface area contributed by atoms with Gasteiger partial charge in [-0.1, -0.05) is 41.7 Å². The molecule has 2 amide bonds. The summed E-state index contributed by atoms with van der Waals surface area (Å²) in [4.78, 5) is 31.3. The number of aromatic nitrogens is 1. The smallest absolute Gasteiger partial charge is 0.409 e. The number of benzene rings is 1. The van der Waals surface area contributed by atoms with Gasteiger partial charge in [0.2, 0.25) is 0 Å². The molecule has 0 saturated carbocycles. The predicted molar refractivity (Wildman–Crippen MR) is 115 cm³/mol. The second-order valence-electron chi connectivity index (χ2n) is 7.03. The van der Waals surface area contributed by atoms with Gasteiger partial charge in [0.25, 0.3) is 5.91 Å². The Morgan fingerprint density at radius 2 is 1.97 bits per heavy atom. The average molecular weight is 417 g/mol. The number of piperidine rings is 1. The van der Waals surface area contributed by atoms with Gasteiger partial charge < -0.3 is 20.3 Å². The number of amides is 2. The predicted octanol–water partition coefficient (Wildman–Crippen LogP) is 3.46. The first-order chi connectivity index (χ1) is 14.1. The fourth-order valence-corrected chi connectivity index (χ4v) is 4.21. The van der Waals surface area contributed by atoms with Gasteiger partial charge in [-0.25, -0.2) is 9.78 Å². The van der Waals surface area contributed by atoms with Crippen LogP contribution in [0.15, 0.2) is 30.3 Å². The van der Waals surface area contributed by atoms with E-state index < -0.39 is 0 Å². The molecule has 8 heteroatoms. The topological polar surface area (TPSA) is 83.6 Å². The minimum absolute atomic E-state index is 0.0594. The number of hydrogen-bond acceptors (Lipinski definition) is 6. The fourth-order valence-electron chi connectivity index (χ4n) is 3.31. The Morgan fingerprint density at radius 3 is 2.66 bits per heavy atom. The highest BCUT2D eigenvalue weighted by atomic mass is 32.1. The van der Waals surface area contributed by atoms with E-state index in [2.05, 4.69) is 27.8 Å². The molecule has 3 rings (SSSR count). The Balaban J connectivity index is 1.47. The number of anilines is 1. The third-order valence-electron chi connectivity index (χ3n) is 4.89. The zero-order valence-corrected chi connectivity index (χ0v) is 17.8. The summed E-state index contributed by atoms with van der Waals surface area (Å²) >= 11 is 1.38. The maximum atomic E-state index is 12.7. The second-order valence-corrected chi connectivity index (χ2v) is 8.03. The van der Waals surface area contributed by atoms with E-state index >= 15 is 0 Å². The van der Waals surface area contributed by atoms with Crippen molar-refractivity contribution in [3.8, 4) is 0 Å². The lowest BCUT2D eigenvalue weighted by Gasteiger charge is -2.31. The third kappa shape index (κ3) is 5.93. The number of aryl methyl sites for hydroxylation is 1. The van der Waals surface area contributed by atoms with E-state index in [-0.39, 0.29) is 18.0 Å². The number of nitrogens with zero attached hydrogens (tertiary/aromatic N) is 2. The summed E-state index contributed by atoms with van der Waals surface area (Å²) in [6, 6.07) is 10.3. The summed E-state index contributed by atoms with van der Waals surface area (Å²) in [5.41, 5.74) is 2.00. The van der Waals surface area contributed by atoms with Crippen molar-refractivity contribution in [2.75, 3.05) is 31.6 Å². The van der Waals surface area contributed by atoms with E-state index in [0.29, 0.717) is 24.6 Å². The van der Waals surface area contributed by atoms with Crippen molar-refractivity contribution < 1.29 is 14.3 Å². The first-order valence-corrected chi connectivity index (χ1v) is 10.9. The van der Waals surface area contributed by atoms with Crippen LogP contribution < -0.4 is 10.6 Å². The number of nitrogens with one attached hydrogen (secondary N) is 2. The Morgan fingerprint density at radius 1 is 1.24 bits per heavy atom. The van der Waals surface area contributed by atoms with E-state index in [1.807, 2.05) is 25.1 Å². The van der Waals surface area contributed by atoms with E-state index in [1.165, 1.54) is 16.9 Å². The molecule has 1 aliphatic rings. The second kappa shape index (κ2) is 10.2. The molecule has 2 heterocycles. The zero-order valence-electron chi connectivity index (χ0n) is 16.9. The lowest BCUT2D eigenvalue weighted by molar-refractivity contribution is 0.0862. The molecular weight excluding hydrogens is 388 g/mol. The molecule has 1 aliphatic heterocycles. The summed E-state index contributed by atoms with van der Waals surface area (Å²) < 4.78 is 5.03. The first kappa shape index (κ1) is 21.1. The van der Waals surface area contributed by atoms with Crippen LogP contribution >= 0.6 is 11.3 Å². The molecule has 2 aromatic rings. The van der Waals surface area contributed by atoms with Crippen molar-refractivity contribution in [1.82, 2.24) is 15.2 Å². The Labute approximate surface area is 175 Å². The number of carbonyl (C=O) groups is 2. The molecule has 2 N–H and O–H groups in total. The molecule has 0 spiro atoms. The van der Waals surface area contributed by atoms with Crippen molar-refractivity contribution in [1.29, 1.82) is 0 Å². The minimum atomic E-state index is -0.276. The van der Waals surface area contributed by atoms with Crippen LogP contribution in [0.1, 0.15) is 40.7 Å². The van der Waals surface area contributed by atoms with Crippen LogP contribution in [0.3, 0.4) is 0 Å². The highest BCUT2D eigenvalue weighted by Gasteiger charge is 2.26. The standard InChI is InChI=1S/C21H28N4O3S/c1-3-28-21(27)25-13-10-17(11-14-25)24-19(26)18-15(2)23-20(29-18)22-12-9-16-7-5-4-6-8-16/h4-8,17H,3,9-14H2,1-2H3,(H,22,23)(H,24,26). The van der Waals surface area contributed by atoms with Crippen LogP contribution in [0.4, 0.5) is 9.93 Å². The quantitative estimate of drug-likeness (QED) is 0.722. The minimum Gasteiger partial charge on any atom is -0.450 e. The maximum Gasteiger partial charge on any atom is 0.409 e. The van der Waals surface area contributed by atoms with Crippen LogP contribution in [0, 0.1) is 6.92 Å². The van der Waals surface area contributed by atoms with Crippen molar-refractivity contribution >= 4 is 28.5 Å². The number of carbonyl (C=O) groups excluding carboxylic acids is 2. The van der Waals surface area contributed by atoms with Crippen molar-refractivity contribution in [2.45, 2.75) is 39.2 Å². The van der Waals surface area contributed by atoms with Gasteiger partial charge in [0.15, 0.2) is 5.13 Å². The maximum absolute atomic E-state index is 12.7. The van der Waals surface area contributed by atoms with Gasteiger partial charge in [0.05, 0.1) is 12.3 Å². The summed E-state index contributed by atoms with van der Waals surface area (Å²) in [7, 11) is 0. The van der Waals surface area contributed by atoms with Crippen molar-refractivity contribution in [3.05, 3.63) is 46.5 Å². The van der Waals surface area contributed by atoms with Gasteiger partial charge >= 0.3 is 6.09 Å². The molecular formula is C21H28N4O3S. The van der Waals surface area contributed by atoms with Crippen molar-refractivity contribution in [3.63, 3.8) is 0 Å². The van der Waals surface area contributed by atoms with Gasteiger partial charge in [0.1, 0.15) is 4.88 Å². The molecule has 1 aromatic carbocycles. The molecule has 1 saturated heterocycles. The Bertz CT molecular complexity index is 817. The van der Waals surface area contributed by atoms with Crippen LogP contribution in [0.5, 0.6) is 0 Å². The van der Waals surface area contributed by atoms with E-state index in [9.17, 15) is 9.59 Å². The van der Waals surface area contributed by atoms with E-state index in [0.717, 1.165) is 36.6 Å². The SMILES string of the molecule is CCOC(=O)N1CCC(NC(=O)c2sc(NCCc3ccccc3)nc2C)CC1. The average Bonchev–Trinajstić information content (AvgIpc) is 3.10. The lowest BCUT2D eigenvalue weighted by Crippen LogP contribution is -2.46. The zero-order chi connectivity index (χ0) is 20.6. The van der Waals surface area contributed by atoms with E-state index in [1.54, 1.807) is 11.8 Å². The number of rotatable bonds is 7. The molecule has 0 aliphatic carbocycles. The van der Waals surface area contributed by atoms with Crippen molar-refractivity contribution in [2.24, 2.45) is 0 Å². The molecule has 7 nitrogen and oxygen atoms in total. The summed E-state index contributed by atoms with van der Waals surface area (Å²) in [5, 5.41) is 7.16. The van der Waals surface area contributed by atoms with Crippen LogP contribution in [-0.2, 0) is 11.2 Å². The van der Waals surface area contributed by atoms with Gasteiger partial charge in [-0.3, -0.25) is 4.79 Å². The first-order valence-electron chi connectivity index (χ1n) is 10.0. The third-order valence-corrected chi connectivity index (χ3v) is 6.01. The number of hydrogen-bond donors (Lipinski definition) is 2. The fraction of sp³-hybridized carbons (Fsp3) is 0.476. The highest BCUT2D eigenvalue weighted by Crippen LogP contribution is 2.23. The summed E-state index contributed by atoms with van der Waals surface area (Å²) in [6.07, 6.45) is 2.08. The Hall–Kier alpha value is -2.61. The van der Waals surface area contributed by atoms with Crippen LogP contribution in [-0.4, -0.2) is 54.2 Å². The number of thiazole rings is 1. The molecule has 0 bridgehead atoms. The lowest BCUT2D eigenvalue weighted by atomic mass is 10.1. The van der Waals surface area contributed by atoms with Crippen LogP contribution in [0.25, 0.3) is 0 Å². The van der Waals surface area contributed by atoms with Gasteiger partial charge in [-0.15, -0.1) is 0 Å². The van der Waals surface area contributed by atoms with E-state index in [4.69, 9.17) is 4.74 Å². The summed E-state index contributed by atoms with van der Waals surface area (Å²) in [6.45, 7) is 5.99. The molecule has 1 aromatic heterocycles. The Kier molecular flexibility index (Phi) is 7.46. The molecule has 0 atom stereocenters. The number of ether oxygens (including phenoxy) is 1. The summed E-state index contributed by atoms with van der Waals surface area (Å²) in [5.74, 6) is -0.0919. The molecule has 0 radical (unpaired) electrons. The molecule has 1 fully saturated rings. The molecule has 29 heavy (non-hydrogen) atoms. The largest absolute Gasteiger partial charge is 0.450 e. The monoisotopic (exact) mass is 416 g/mol. The normalized spacial score (nSPS) is 14.5. The molecule has 0 unspecified atom stereocenters. The molecule has 156 valence electrons.